The van der Waals surface area contributed by atoms with Gasteiger partial charge in [0.15, 0.2) is 5.82 Å². The second-order valence-electron chi connectivity index (χ2n) is 5.24. The Morgan fingerprint density at radius 3 is 2.70 bits per heavy atom. The van der Waals surface area contributed by atoms with E-state index in [0.717, 1.165) is 34.4 Å². The van der Waals surface area contributed by atoms with E-state index in [1.807, 2.05) is 12.1 Å². The molecule has 0 saturated heterocycles. The Morgan fingerprint density at radius 1 is 1.10 bits per heavy atom. The van der Waals surface area contributed by atoms with Crippen molar-refractivity contribution in [1.29, 1.82) is 0 Å². The van der Waals surface area contributed by atoms with Gasteiger partial charge in [0.1, 0.15) is 9.98 Å². The van der Waals surface area contributed by atoms with Crippen molar-refractivity contribution in [3.05, 3.63) is 45.4 Å². The lowest BCUT2D eigenvalue weighted by Gasteiger charge is -2.03. The Morgan fingerprint density at radius 2 is 1.90 bits per heavy atom. The second-order valence-corrected chi connectivity index (χ2v) is 6.68. The molecule has 100 valence electrons. The first kappa shape index (κ1) is 12.3. The number of nitrogens with zero attached hydrogens (tertiary/aromatic N) is 2. The van der Waals surface area contributed by atoms with E-state index in [1.54, 1.807) is 11.3 Å². The van der Waals surface area contributed by atoms with Crippen LogP contribution < -0.4 is 0 Å². The highest BCUT2D eigenvalue weighted by Gasteiger charge is 2.21. The fraction of sp³-hybridized carbons (Fsp3) is 0.250. The van der Waals surface area contributed by atoms with Gasteiger partial charge in [-0.05, 0) is 31.7 Å². The Labute approximate surface area is 126 Å². The summed E-state index contributed by atoms with van der Waals surface area (Å²) in [4.78, 5) is 11.7. The maximum absolute atomic E-state index is 6.42. The van der Waals surface area contributed by atoms with Crippen LogP contribution >= 0.6 is 22.9 Å². The highest BCUT2D eigenvalue weighted by atomic mass is 35.5. The van der Waals surface area contributed by atoms with Gasteiger partial charge < -0.3 is 0 Å². The van der Waals surface area contributed by atoms with Crippen LogP contribution in [0.3, 0.4) is 0 Å². The van der Waals surface area contributed by atoms with Gasteiger partial charge in [0.2, 0.25) is 0 Å². The van der Waals surface area contributed by atoms with Crippen molar-refractivity contribution >= 4 is 33.2 Å². The molecular weight excluding hydrogens is 288 g/mol. The molecule has 0 N–H and O–H groups in total. The first-order valence-electron chi connectivity index (χ1n) is 6.77. The number of halogens is 1. The number of benzene rings is 1. The zero-order valence-electron chi connectivity index (χ0n) is 11.1. The summed E-state index contributed by atoms with van der Waals surface area (Å²) >= 11 is 8.20. The molecule has 1 aliphatic rings. The molecule has 2 heterocycles. The monoisotopic (exact) mass is 300 g/mol. The number of thiophene rings is 1. The van der Waals surface area contributed by atoms with Crippen molar-refractivity contribution < 1.29 is 0 Å². The minimum absolute atomic E-state index is 0.602. The van der Waals surface area contributed by atoms with Crippen LogP contribution in [-0.2, 0) is 12.8 Å². The van der Waals surface area contributed by atoms with Crippen LogP contribution in [0.15, 0.2) is 24.3 Å². The van der Waals surface area contributed by atoms with Gasteiger partial charge in [-0.3, -0.25) is 0 Å². The average molecular weight is 301 g/mol. The molecule has 0 atom stereocenters. The van der Waals surface area contributed by atoms with E-state index in [-0.39, 0.29) is 0 Å². The molecule has 1 aliphatic carbocycles. The largest absolute Gasteiger partial charge is 0.217 e. The minimum atomic E-state index is 0.602. The van der Waals surface area contributed by atoms with Gasteiger partial charge in [-0.2, -0.15) is 0 Å². The standard InChI is InChI=1S/C16H13ClN2S/c1-9-5-7-10(8-6-9)15-18-14(17)13-11-3-2-4-12(11)20-16(13)19-15/h5-8H,2-4H2,1H3. The number of aryl methyl sites for hydroxylation is 3. The molecule has 2 nitrogen and oxygen atoms in total. The third kappa shape index (κ3) is 1.85. The summed E-state index contributed by atoms with van der Waals surface area (Å²) in [5.74, 6) is 0.724. The summed E-state index contributed by atoms with van der Waals surface area (Å²) < 4.78 is 0. The molecule has 0 aliphatic heterocycles. The number of hydrogen-bond donors (Lipinski definition) is 0. The van der Waals surface area contributed by atoms with Gasteiger partial charge in [0, 0.05) is 10.4 Å². The molecule has 20 heavy (non-hydrogen) atoms. The van der Waals surface area contributed by atoms with Crippen LogP contribution in [0.1, 0.15) is 22.4 Å². The van der Waals surface area contributed by atoms with Crippen molar-refractivity contribution in [1.82, 2.24) is 9.97 Å². The number of hydrogen-bond acceptors (Lipinski definition) is 3. The predicted molar refractivity (Wildman–Crippen MR) is 84.6 cm³/mol. The molecule has 2 aromatic heterocycles. The molecule has 0 bridgehead atoms. The van der Waals surface area contributed by atoms with Crippen molar-refractivity contribution in [3.63, 3.8) is 0 Å². The Hall–Kier alpha value is -1.45. The predicted octanol–water partition coefficient (Wildman–Crippen LogP) is 4.81. The molecule has 0 amide bonds. The molecule has 4 rings (SSSR count). The summed E-state index contributed by atoms with van der Waals surface area (Å²) in [7, 11) is 0. The lowest BCUT2D eigenvalue weighted by Crippen LogP contribution is -1.91. The summed E-state index contributed by atoms with van der Waals surface area (Å²) in [6.07, 6.45) is 3.50. The summed E-state index contributed by atoms with van der Waals surface area (Å²) in [6, 6.07) is 8.25. The maximum atomic E-state index is 6.42. The quantitative estimate of drug-likeness (QED) is 0.603. The van der Waals surface area contributed by atoms with Crippen molar-refractivity contribution in [3.8, 4) is 11.4 Å². The van der Waals surface area contributed by atoms with Crippen LogP contribution in [0.25, 0.3) is 21.6 Å². The third-order valence-corrected chi connectivity index (χ3v) is 5.29. The number of rotatable bonds is 1. The zero-order valence-corrected chi connectivity index (χ0v) is 12.7. The van der Waals surface area contributed by atoms with E-state index in [9.17, 15) is 0 Å². The highest BCUT2D eigenvalue weighted by Crippen LogP contribution is 2.40. The topological polar surface area (TPSA) is 25.8 Å². The molecule has 3 aromatic rings. The summed E-state index contributed by atoms with van der Waals surface area (Å²) in [5.41, 5.74) is 3.63. The van der Waals surface area contributed by atoms with Crippen LogP contribution in [0.4, 0.5) is 0 Å². The lowest BCUT2D eigenvalue weighted by atomic mass is 10.1. The van der Waals surface area contributed by atoms with Crippen LogP contribution in [0.2, 0.25) is 5.15 Å². The van der Waals surface area contributed by atoms with E-state index >= 15 is 0 Å². The van der Waals surface area contributed by atoms with E-state index in [1.165, 1.54) is 22.4 Å². The molecule has 0 radical (unpaired) electrons. The third-order valence-electron chi connectivity index (χ3n) is 3.83. The SMILES string of the molecule is Cc1ccc(-c2nc(Cl)c3c4c(sc3n2)CCC4)cc1. The van der Waals surface area contributed by atoms with Gasteiger partial charge >= 0.3 is 0 Å². The number of aromatic nitrogens is 2. The Kier molecular flexibility index (Phi) is 2.79. The highest BCUT2D eigenvalue weighted by molar-refractivity contribution is 7.19. The van der Waals surface area contributed by atoms with Crippen molar-refractivity contribution in [2.24, 2.45) is 0 Å². The summed E-state index contributed by atoms with van der Waals surface area (Å²) in [6.45, 7) is 2.07. The molecule has 1 aromatic carbocycles. The zero-order chi connectivity index (χ0) is 13.7. The smallest absolute Gasteiger partial charge is 0.162 e. The van der Waals surface area contributed by atoms with Crippen molar-refractivity contribution in [2.75, 3.05) is 0 Å². The van der Waals surface area contributed by atoms with E-state index in [2.05, 4.69) is 24.0 Å². The average Bonchev–Trinajstić information content (AvgIpc) is 2.99. The van der Waals surface area contributed by atoms with E-state index in [0.29, 0.717) is 5.15 Å². The fourth-order valence-corrected chi connectivity index (χ4v) is 4.38. The van der Waals surface area contributed by atoms with Gasteiger partial charge in [0.25, 0.3) is 0 Å². The molecular formula is C16H13ClN2S. The summed E-state index contributed by atoms with van der Waals surface area (Å²) in [5, 5.41) is 1.69. The van der Waals surface area contributed by atoms with Gasteiger partial charge in [-0.25, -0.2) is 9.97 Å². The molecule has 0 fully saturated rings. The van der Waals surface area contributed by atoms with Gasteiger partial charge in [-0.15, -0.1) is 11.3 Å². The van der Waals surface area contributed by atoms with Crippen LogP contribution in [-0.4, -0.2) is 9.97 Å². The number of fused-ring (bicyclic) bond motifs is 3. The Balaban J connectivity index is 1.92. The van der Waals surface area contributed by atoms with Crippen LogP contribution in [0, 0.1) is 6.92 Å². The van der Waals surface area contributed by atoms with Crippen molar-refractivity contribution in [2.45, 2.75) is 26.2 Å². The lowest BCUT2D eigenvalue weighted by molar-refractivity contribution is 0.917. The first-order chi connectivity index (χ1) is 9.72. The first-order valence-corrected chi connectivity index (χ1v) is 7.96. The molecule has 0 spiro atoms. The van der Waals surface area contributed by atoms with Gasteiger partial charge in [0.05, 0.1) is 5.39 Å². The second kappa shape index (κ2) is 4.54. The van der Waals surface area contributed by atoms with E-state index < -0.39 is 0 Å². The molecule has 0 saturated carbocycles. The van der Waals surface area contributed by atoms with E-state index in [4.69, 9.17) is 16.6 Å². The minimum Gasteiger partial charge on any atom is -0.217 e. The van der Waals surface area contributed by atoms with Gasteiger partial charge in [-0.1, -0.05) is 41.4 Å². The molecule has 4 heteroatoms. The normalized spacial score (nSPS) is 13.9. The Bertz CT molecular complexity index is 805. The fourth-order valence-electron chi connectivity index (χ4n) is 2.78. The maximum Gasteiger partial charge on any atom is 0.162 e. The van der Waals surface area contributed by atoms with Crippen LogP contribution in [0.5, 0.6) is 0 Å². The molecule has 0 unspecified atom stereocenters.